The fourth-order valence-corrected chi connectivity index (χ4v) is 3.39. The normalized spacial score (nSPS) is 13.7. The Bertz CT molecular complexity index is 957. The first-order valence-electron chi connectivity index (χ1n) is 9.53. The molecule has 1 aliphatic heterocycles. The number of nitrogens with one attached hydrogen (secondary N) is 2. The van der Waals surface area contributed by atoms with Crippen molar-refractivity contribution in [3.8, 4) is 0 Å². The fourth-order valence-electron chi connectivity index (χ4n) is 3.39. The molecule has 29 heavy (non-hydrogen) atoms. The quantitative estimate of drug-likeness (QED) is 0.577. The van der Waals surface area contributed by atoms with Crippen molar-refractivity contribution >= 4 is 28.9 Å². The number of rotatable bonds is 6. The molecular weight excluding hydrogens is 372 g/mol. The Morgan fingerprint density at radius 3 is 2.55 bits per heavy atom. The number of nitrogens with zero attached hydrogens (tertiary/aromatic N) is 2. The summed E-state index contributed by atoms with van der Waals surface area (Å²) in [6, 6.07) is 11.2. The summed E-state index contributed by atoms with van der Waals surface area (Å²) in [5, 5.41) is 17.2. The van der Waals surface area contributed by atoms with E-state index in [2.05, 4.69) is 10.6 Å². The molecule has 0 aliphatic carbocycles. The second kappa shape index (κ2) is 8.30. The number of fused-ring (bicyclic) bond motifs is 1. The molecule has 3 rings (SSSR count). The highest BCUT2D eigenvalue weighted by atomic mass is 16.6. The number of anilines is 2. The van der Waals surface area contributed by atoms with Crippen molar-refractivity contribution in [3.63, 3.8) is 0 Å². The maximum atomic E-state index is 12.9. The van der Waals surface area contributed by atoms with Crippen LogP contribution in [-0.2, 0) is 11.2 Å². The molecule has 0 fully saturated rings. The van der Waals surface area contributed by atoms with E-state index in [1.807, 2.05) is 38.1 Å². The van der Waals surface area contributed by atoms with Crippen LogP contribution in [0.3, 0.4) is 0 Å². The van der Waals surface area contributed by atoms with Crippen LogP contribution in [0.25, 0.3) is 0 Å². The van der Waals surface area contributed by atoms with Gasteiger partial charge >= 0.3 is 0 Å². The van der Waals surface area contributed by atoms with Gasteiger partial charge < -0.3 is 15.5 Å². The minimum atomic E-state index is -0.671. The van der Waals surface area contributed by atoms with Crippen LogP contribution >= 0.6 is 0 Å². The van der Waals surface area contributed by atoms with Crippen molar-refractivity contribution in [3.05, 3.63) is 63.7 Å². The second-order valence-electron chi connectivity index (χ2n) is 7.35. The van der Waals surface area contributed by atoms with E-state index in [0.717, 1.165) is 17.7 Å². The van der Waals surface area contributed by atoms with E-state index in [-0.39, 0.29) is 34.8 Å². The topological polar surface area (TPSA) is 105 Å². The highest BCUT2D eigenvalue weighted by Crippen LogP contribution is 2.30. The summed E-state index contributed by atoms with van der Waals surface area (Å²) in [6.07, 6.45) is 0.786. The zero-order chi connectivity index (χ0) is 21.1. The lowest BCUT2D eigenvalue weighted by atomic mass is 10.1. The van der Waals surface area contributed by atoms with E-state index in [4.69, 9.17) is 0 Å². The lowest BCUT2D eigenvalue weighted by molar-refractivity contribution is -0.384. The van der Waals surface area contributed by atoms with Crippen molar-refractivity contribution in [2.24, 2.45) is 0 Å². The van der Waals surface area contributed by atoms with Gasteiger partial charge in [0.05, 0.1) is 4.92 Å². The van der Waals surface area contributed by atoms with Gasteiger partial charge in [0, 0.05) is 29.9 Å². The number of carbonyl (C=O) groups is 2. The van der Waals surface area contributed by atoms with Crippen LogP contribution in [-0.4, -0.2) is 35.4 Å². The Morgan fingerprint density at radius 1 is 1.14 bits per heavy atom. The van der Waals surface area contributed by atoms with Crippen molar-refractivity contribution in [1.82, 2.24) is 5.32 Å². The largest absolute Gasteiger partial charge is 0.368 e. The first kappa shape index (κ1) is 20.3. The third kappa shape index (κ3) is 4.37. The maximum Gasteiger partial charge on any atom is 0.293 e. The number of hydrogen-bond donors (Lipinski definition) is 2. The summed E-state index contributed by atoms with van der Waals surface area (Å²) in [7, 11) is 0. The first-order chi connectivity index (χ1) is 13.8. The summed E-state index contributed by atoms with van der Waals surface area (Å²) < 4.78 is 0. The molecule has 152 valence electrons. The monoisotopic (exact) mass is 396 g/mol. The smallest absolute Gasteiger partial charge is 0.293 e. The summed E-state index contributed by atoms with van der Waals surface area (Å²) in [5.41, 5.74) is 2.14. The second-order valence-corrected chi connectivity index (χ2v) is 7.35. The molecule has 0 aromatic heterocycles. The molecule has 0 spiro atoms. The molecule has 0 bridgehead atoms. The SMILES string of the molecule is CC(C)NC(=O)c1ccc(NC(C)C(=O)N2CCc3ccccc32)c([N+](=O)[O-])c1. The average Bonchev–Trinajstić information content (AvgIpc) is 3.11. The Kier molecular flexibility index (Phi) is 5.81. The first-order valence-corrected chi connectivity index (χ1v) is 9.53. The van der Waals surface area contributed by atoms with Crippen LogP contribution in [0.2, 0.25) is 0 Å². The molecule has 2 N–H and O–H groups in total. The zero-order valence-electron chi connectivity index (χ0n) is 16.6. The molecule has 1 unspecified atom stereocenters. The van der Waals surface area contributed by atoms with Gasteiger partial charge in [-0.25, -0.2) is 0 Å². The molecule has 0 saturated carbocycles. The third-order valence-electron chi connectivity index (χ3n) is 4.77. The molecule has 1 heterocycles. The van der Waals surface area contributed by atoms with Gasteiger partial charge in [-0.3, -0.25) is 19.7 Å². The van der Waals surface area contributed by atoms with E-state index in [1.165, 1.54) is 18.2 Å². The summed E-state index contributed by atoms with van der Waals surface area (Å²) in [4.78, 5) is 37.7. The van der Waals surface area contributed by atoms with Crippen molar-refractivity contribution < 1.29 is 14.5 Å². The van der Waals surface area contributed by atoms with Crippen molar-refractivity contribution in [2.45, 2.75) is 39.3 Å². The van der Waals surface area contributed by atoms with Crippen LogP contribution in [0.1, 0.15) is 36.7 Å². The molecule has 1 atom stereocenters. The van der Waals surface area contributed by atoms with E-state index in [1.54, 1.807) is 11.8 Å². The predicted molar refractivity (Wildman–Crippen MR) is 111 cm³/mol. The van der Waals surface area contributed by atoms with E-state index >= 15 is 0 Å². The number of nitro groups is 1. The zero-order valence-corrected chi connectivity index (χ0v) is 16.6. The molecule has 2 amide bonds. The van der Waals surface area contributed by atoms with Crippen LogP contribution in [0.4, 0.5) is 17.1 Å². The lowest BCUT2D eigenvalue weighted by Crippen LogP contribution is -2.40. The Morgan fingerprint density at radius 2 is 1.86 bits per heavy atom. The van der Waals surface area contributed by atoms with Crippen LogP contribution in [0.5, 0.6) is 0 Å². The predicted octanol–water partition coefficient (Wildman–Crippen LogP) is 3.12. The van der Waals surface area contributed by atoms with E-state index < -0.39 is 11.0 Å². The molecule has 1 aliphatic rings. The van der Waals surface area contributed by atoms with Gasteiger partial charge in [0.2, 0.25) is 5.91 Å². The number of carbonyl (C=O) groups excluding carboxylic acids is 2. The Hall–Kier alpha value is -3.42. The summed E-state index contributed by atoms with van der Waals surface area (Å²) in [6.45, 7) is 5.88. The molecule has 0 radical (unpaired) electrons. The van der Waals surface area contributed by atoms with Crippen molar-refractivity contribution in [1.29, 1.82) is 0 Å². The molecule has 0 saturated heterocycles. The van der Waals surface area contributed by atoms with E-state index in [0.29, 0.717) is 6.54 Å². The average molecular weight is 396 g/mol. The van der Waals surface area contributed by atoms with Crippen LogP contribution < -0.4 is 15.5 Å². The summed E-state index contributed by atoms with van der Waals surface area (Å²) in [5.74, 6) is -0.543. The minimum Gasteiger partial charge on any atom is -0.368 e. The van der Waals surface area contributed by atoms with Gasteiger partial charge in [-0.1, -0.05) is 18.2 Å². The number of amides is 2. The molecule has 2 aromatic rings. The maximum absolute atomic E-state index is 12.9. The number of hydrogen-bond acceptors (Lipinski definition) is 5. The Balaban J connectivity index is 1.79. The van der Waals surface area contributed by atoms with Gasteiger partial charge in [-0.15, -0.1) is 0 Å². The molecule has 2 aromatic carbocycles. The number of benzene rings is 2. The standard InChI is InChI=1S/C21H24N4O4/c1-13(2)22-20(26)16-8-9-17(19(12-16)25(28)29)23-14(3)21(27)24-11-10-15-6-4-5-7-18(15)24/h4-9,12-14,23H,10-11H2,1-3H3,(H,22,26). The van der Waals surface area contributed by atoms with Gasteiger partial charge in [0.25, 0.3) is 11.6 Å². The number of nitro benzene ring substituents is 1. The van der Waals surface area contributed by atoms with Gasteiger partial charge in [-0.2, -0.15) is 0 Å². The molecular formula is C21H24N4O4. The van der Waals surface area contributed by atoms with Gasteiger partial charge in [0.15, 0.2) is 0 Å². The van der Waals surface area contributed by atoms with Crippen LogP contribution in [0, 0.1) is 10.1 Å². The van der Waals surface area contributed by atoms with E-state index in [9.17, 15) is 19.7 Å². The van der Waals surface area contributed by atoms with Crippen LogP contribution in [0.15, 0.2) is 42.5 Å². The van der Waals surface area contributed by atoms with Crippen molar-refractivity contribution in [2.75, 3.05) is 16.8 Å². The molecule has 8 nitrogen and oxygen atoms in total. The highest BCUT2D eigenvalue weighted by molar-refractivity contribution is 6.01. The molecule has 8 heteroatoms. The lowest BCUT2D eigenvalue weighted by Gasteiger charge is -2.23. The Labute approximate surface area is 169 Å². The minimum absolute atomic E-state index is 0.0830. The fraction of sp³-hybridized carbons (Fsp3) is 0.333. The third-order valence-corrected chi connectivity index (χ3v) is 4.77. The summed E-state index contributed by atoms with van der Waals surface area (Å²) >= 11 is 0. The van der Waals surface area contributed by atoms with Gasteiger partial charge in [-0.05, 0) is 51.0 Å². The highest BCUT2D eigenvalue weighted by Gasteiger charge is 2.29. The van der Waals surface area contributed by atoms with Gasteiger partial charge in [0.1, 0.15) is 11.7 Å². The number of para-hydroxylation sites is 1.